The predicted octanol–water partition coefficient (Wildman–Crippen LogP) is 2.50. The number of hydrogen-bond donors (Lipinski definition) is 2. The van der Waals surface area contributed by atoms with Crippen molar-refractivity contribution in [2.45, 2.75) is 31.3 Å². The van der Waals surface area contributed by atoms with Gasteiger partial charge >= 0.3 is 0 Å². The summed E-state index contributed by atoms with van der Waals surface area (Å²) in [7, 11) is 0. The van der Waals surface area contributed by atoms with Gasteiger partial charge in [-0.1, -0.05) is 0 Å². The molecule has 0 radical (unpaired) electrons. The number of nitrogens with one attached hydrogen (secondary N) is 2. The maximum atomic E-state index is 11.8. The maximum absolute atomic E-state index is 11.8. The van der Waals surface area contributed by atoms with Crippen LogP contribution in [0.1, 0.15) is 29.6 Å². The molecule has 1 unspecified atom stereocenters. The van der Waals surface area contributed by atoms with Gasteiger partial charge in [0.2, 0.25) is 0 Å². The molecular formula is C14H18N2OS. The third-order valence-corrected chi connectivity index (χ3v) is 4.52. The van der Waals surface area contributed by atoms with Gasteiger partial charge in [-0.15, -0.1) is 0 Å². The van der Waals surface area contributed by atoms with Gasteiger partial charge in [-0.05, 0) is 49.3 Å². The second-order valence-corrected chi connectivity index (χ2v) is 6.18. The van der Waals surface area contributed by atoms with Crippen LogP contribution in [-0.4, -0.2) is 29.5 Å². The van der Waals surface area contributed by atoms with E-state index >= 15 is 0 Å². The summed E-state index contributed by atoms with van der Waals surface area (Å²) in [5.74, 6) is 2.49. The fraction of sp³-hybridized carbons (Fsp3) is 0.500. The van der Waals surface area contributed by atoms with E-state index in [0.29, 0.717) is 12.1 Å². The topological polar surface area (TPSA) is 41.1 Å². The summed E-state index contributed by atoms with van der Waals surface area (Å²) in [6, 6.07) is 8.83. The van der Waals surface area contributed by atoms with E-state index in [4.69, 9.17) is 0 Å². The quantitative estimate of drug-likeness (QED) is 0.876. The van der Waals surface area contributed by atoms with E-state index in [9.17, 15) is 4.79 Å². The summed E-state index contributed by atoms with van der Waals surface area (Å²) in [6.07, 6.45) is 3.49. The van der Waals surface area contributed by atoms with Crippen LogP contribution in [0.5, 0.6) is 0 Å². The highest BCUT2D eigenvalue weighted by molar-refractivity contribution is 7.99. The molecule has 1 atom stereocenters. The minimum atomic E-state index is 0.0560. The van der Waals surface area contributed by atoms with Crippen molar-refractivity contribution in [3.8, 4) is 0 Å². The summed E-state index contributed by atoms with van der Waals surface area (Å²) in [4.78, 5) is 11.8. The highest BCUT2D eigenvalue weighted by Crippen LogP contribution is 2.22. The van der Waals surface area contributed by atoms with Gasteiger partial charge in [0.1, 0.15) is 0 Å². The molecule has 1 aliphatic carbocycles. The first-order valence-corrected chi connectivity index (χ1v) is 7.72. The Bertz CT molecular complexity index is 422. The Morgan fingerprint density at radius 2 is 1.89 bits per heavy atom. The molecule has 1 aliphatic heterocycles. The fourth-order valence-corrected chi connectivity index (χ4v) is 3.25. The molecule has 3 rings (SSSR count). The monoisotopic (exact) mass is 262 g/mol. The van der Waals surface area contributed by atoms with E-state index in [2.05, 4.69) is 10.6 Å². The Hall–Kier alpha value is -1.16. The number of benzene rings is 1. The third-order valence-electron chi connectivity index (χ3n) is 3.36. The number of rotatable bonds is 4. The Kier molecular flexibility index (Phi) is 3.46. The van der Waals surface area contributed by atoms with Gasteiger partial charge in [0, 0.05) is 29.1 Å². The lowest BCUT2D eigenvalue weighted by molar-refractivity contribution is 0.0951. The average molecular weight is 262 g/mol. The predicted molar refractivity (Wildman–Crippen MR) is 76.3 cm³/mol. The van der Waals surface area contributed by atoms with E-state index in [1.54, 1.807) is 0 Å². The van der Waals surface area contributed by atoms with Crippen molar-refractivity contribution in [2.24, 2.45) is 0 Å². The molecule has 0 bridgehead atoms. The molecule has 1 heterocycles. The van der Waals surface area contributed by atoms with Gasteiger partial charge < -0.3 is 10.6 Å². The summed E-state index contributed by atoms with van der Waals surface area (Å²) < 4.78 is 0. The van der Waals surface area contributed by atoms with Crippen LogP contribution in [0.15, 0.2) is 24.3 Å². The molecular weight excluding hydrogens is 244 g/mol. The third kappa shape index (κ3) is 2.99. The lowest BCUT2D eigenvalue weighted by Gasteiger charge is -2.13. The first kappa shape index (κ1) is 11.9. The van der Waals surface area contributed by atoms with Crippen molar-refractivity contribution in [3.05, 3.63) is 29.8 Å². The number of anilines is 1. The van der Waals surface area contributed by atoms with Gasteiger partial charge in [-0.2, -0.15) is 11.8 Å². The molecule has 0 aromatic heterocycles. The van der Waals surface area contributed by atoms with Crippen LogP contribution in [0.3, 0.4) is 0 Å². The van der Waals surface area contributed by atoms with E-state index < -0.39 is 0 Å². The van der Waals surface area contributed by atoms with Crippen LogP contribution in [0.2, 0.25) is 0 Å². The summed E-state index contributed by atoms with van der Waals surface area (Å²) >= 11 is 2.00. The zero-order valence-electron chi connectivity index (χ0n) is 10.3. The Balaban J connectivity index is 1.58. The van der Waals surface area contributed by atoms with E-state index in [1.165, 1.54) is 17.9 Å². The van der Waals surface area contributed by atoms with Gasteiger partial charge in [0.05, 0.1) is 0 Å². The SMILES string of the molecule is O=C(NC1CC1)c1ccc(NC2CCSC2)cc1. The lowest BCUT2D eigenvalue weighted by Crippen LogP contribution is -2.25. The second kappa shape index (κ2) is 5.22. The molecule has 2 N–H and O–H groups in total. The Labute approximate surface area is 112 Å². The molecule has 18 heavy (non-hydrogen) atoms. The molecule has 1 saturated carbocycles. The summed E-state index contributed by atoms with van der Waals surface area (Å²) in [6.45, 7) is 0. The zero-order valence-corrected chi connectivity index (χ0v) is 11.1. The summed E-state index contributed by atoms with van der Waals surface area (Å²) in [5, 5.41) is 6.51. The molecule has 3 nitrogen and oxygen atoms in total. The number of thioether (sulfide) groups is 1. The Morgan fingerprint density at radius 3 is 2.50 bits per heavy atom. The van der Waals surface area contributed by atoms with Crippen LogP contribution in [0, 0.1) is 0 Å². The molecule has 1 amide bonds. The number of amides is 1. The second-order valence-electron chi connectivity index (χ2n) is 5.03. The normalized spacial score (nSPS) is 22.8. The van der Waals surface area contributed by atoms with Crippen LogP contribution in [0.25, 0.3) is 0 Å². The molecule has 1 aromatic rings. The fourth-order valence-electron chi connectivity index (χ4n) is 2.10. The first-order chi connectivity index (χ1) is 8.81. The van der Waals surface area contributed by atoms with Gasteiger partial charge in [0.15, 0.2) is 0 Å². The van der Waals surface area contributed by atoms with Gasteiger partial charge in [-0.3, -0.25) is 4.79 Å². The van der Waals surface area contributed by atoms with E-state index in [0.717, 1.165) is 24.1 Å². The highest BCUT2D eigenvalue weighted by Gasteiger charge is 2.23. The van der Waals surface area contributed by atoms with Crippen molar-refractivity contribution < 1.29 is 4.79 Å². The molecule has 96 valence electrons. The van der Waals surface area contributed by atoms with Crippen LogP contribution in [-0.2, 0) is 0 Å². The minimum absolute atomic E-state index is 0.0560. The highest BCUT2D eigenvalue weighted by atomic mass is 32.2. The van der Waals surface area contributed by atoms with Crippen LogP contribution in [0.4, 0.5) is 5.69 Å². The lowest BCUT2D eigenvalue weighted by atomic mass is 10.1. The van der Waals surface area contributed by atoms with Crippen molar-refractivity contribution in [1.29, 1.82) is 0 Å². The molecule has 1 saturated heterocycles. The van der Waals surface area contributed by atoms with E-state index in [1.807, 2.05) is 36.0 Å². The van der Waals surface area contributed by atoms with Gasteiger partial charge in [0.25, 0.3) is 5.91 Å². The molecule has 0 spiro atoms. The molecule has 2 aliphatic rings. The smallest absolute Gasteiger partial charge is 0.251 e. The molecule has 4 heteroatoms. The Morgan fingerprint density at radius 1 is 1.11 bits per heavy atom. The van der Waals surface area contributed by atoms with E-state index in [-0.39, 0.29) is 5.91 Å². The number of hydrogen-bond acceptors (Lipinski definition) is 3. The number of carbonyl (C=O) groups is 1. The molecule has 2 fully saturated rings. The van der Waals surface area contributed by atoms with Crippen LogP contribution >= 0.6 is 11.8 Å². The number of carbonyl (C=O) groups excluding carboxylic acids is 1. The van der Waals surface area contributed by atoms with Gasteiger partial charge in [-0.25, -0.2) is 0 Å². The average Bonchev–Trinajstić information content (AvgIpc) is 3.04. The van der Waals surface area contributed by atoms with Crippen LogP contribution < -0.4 is 10.6 Å². The largest absolute Gasteiger partial charge is 0.381 e. The first-order valence-electron chi connectivity index (χ1n) is 6.56. The summed E-state index contributed by atoms with van der Waals surface area (Å²) in [5.41, 5.74) is 1.87. The van der Waals surface area contributed by atoms with Crippen molar-refractivity contribution in [1.82, 2.24) is 5.32 Å². The van der Waals surface area contributed by atoms with Crippen molar-refractivity contribution >= 4 is 23.4 Å². The minimum Gasteiger partial charge on any atom is -0.381 e. The standard InChI is InChI=1S/C14H18N2OS/c17-14(16-12-5-6-12)10-1-3-11(4-2-10)15-13-7-8-18-9-13/h1-4,12-13,15H,5-9H2,(H,16,17). The van der Waals surface area contributed by atoms with Crippen molar-refractivity contribution in [3.63, 3.8) is 0 Å². The zero-order chi connectivity index (χ0) is 12.4. The van der Waals surface area contributed by atoms with Crippen molar-refractivity contribution in [2.75, 3.05) is 16.8 Å². The molecule has 1 aromatic carbocycles. The maximum Gasteiger partial charge on any atom is 0.251 e.